The lowest BCUT2D eigenvalue weighted by Crippen LogP contribution is -2.40. The zero-order valence-electron chi connectivity index (χ0n) is 17.5. The highest BCUT2D eigenvalue weighted by Crippen LogP contribution is 2.22. The maximum absolute atomic E-state index is 13.1. The van der Waals surface area contributed by atoms with Crippen LogP contribution in [0.3, 0.4) is 0 Å². The molecule has 0 bridgehead atoms. The van der Waals surface area contributed by atoms with Crippen molar-refractivity contribution in [2.45, 2.75) is 39.2 Å². The van der Waals surface area contributed by atoms with Crippen molar-refractivity contribution in [3.63, 3.8) is 0 Å². The molecular weight excluding hydrogens is 381 g/mol. The smallest absolute Gasteiger partial charge is 0.253 e. The van der Waals surface area contributed by atoms with Crippen molar-refractivity contribution in [2.24, 2.45) is 5.92 Å². The average molecular weight is 412 g/mol. The van der Waals surface area contributed by atoms with Crippen molar-refractivity contribution in [1.82, 2.24) is 10.2 Å². The minimum Gasteiger partial charge on any atom is -0.352 e. The number of unbranched alkanes of at least 4 members (excludes halogenated alkanes) is 1. The van der Waals surface area contributed by atoms with Crippen LogP contribution in [0.25, 0.3) is 0 Å². The van der Waals surface area contributed by atoms with Gasteiger partial charge in [0.15, 0.2) is 0 Å². The number of hydrogen-bond acceptors (Lipinski definition) is 3. The SMILES string of the molecule is CCCCNC(=O)c1ccccc1NC(=O)[C@@H]1CCCN(Cc2ccc(F)cc2)C1. The second-order valence-electron chi connectivity index (χ2n) is 7.85. The fraction of sp³-hybridized carbons (Fsp3) is 0.417. The Kier molecular flexibility index (Phi) is 7.97. The first-order valence-corrected chi connectivity index (χ1v) is 10.7. The van der Waals surface area contributed by atoms with Gasteiger partial charge in [0.1, 0.15) is 5.82 Å². The summed E-state index contributed by atoms with van der Waals surface area (Å²) in [4.78, 5) is 27.6. The first-order valence-electron chi connectivity index (χ1n) is 10.7. The Labute approximate surface area is 177 Å². The molecular formula is C24H30FN3O2. The third-order valence-electron chi connectivity index (χ3n) is 5.44. The summed E-state index contributed by atoms with van der Waals surface area (Å²) in [5.74, 6) is -0.615. The zero-order chi connectivity index (χ0) is 21.3. The van der Waals surface area contributed by atoms with E-state index in [1.165, 1.54) is 12.1 Å². The van der Waals surface area contributed by atoms with Crippen LogP contribution < -0.4 is 10.6 Å². The summed E-state index contributed by atoms with van der Waals surface area (Å²) in [5.41, 5.74) is 2.07. The summed E-state index contributed by atoms with van der Waals surface area (Å²) in [6, 6.07) is 13.6. The number of para-hydroxylation sites is 1. The molecule has 0 unspecified atom stereocenters. The lowest BCUT2D eigenvalue weighted by molar-refractivity contribution is -0.121. The Bertz CT molecular complexity index is 854. The molecule has 160 valence electrons. The van der Waals surface area contributed by atoms with Crippen LogP contribution in [0.2, 0.25) is 0 Å². The molecule has 0 spiro atoms. The van der Waals surface area contributed by atoms with E-state index in [9.17, 15) is 14.0 Å². The summed E-state index contributed by atoms with van der Waals surface area (Å²) >= 11 is 0. The Morgan fingerprint density at radius 2 is 1.90 bits per heavy atom. The third kappa shape index (κ3) is 6.13. The topological polar surface area (TPSA) is 61.4 Å². The number of hydrogen-bond donors (Lipinski definition) is 2. The van der Waals surface area contributed by atoms with Crippen LogP contribution in [0, 0.1) is 11.7 Å². The third-order valence-corrected chi connectivity index (χ3v) is 5.44. The van der Waals surface area contributed by atoms with Gasteiger partial charge in [-0.05, 0) is 55.6 Å². The molecule has 2 aromatic carbocycles. The highest BCUT2D eigenvalue weighted by molar-refractivity contribution is 6.04. The molecule has 0 radical (unpaired) electrons. The number of piperidine rings is 1. The lowest BCUT2D eigenvalue weighted by Gasteiger charge is -2.32. The van der Waals surface area contributed by atoms with Gasteiger partial charge in [0.25, 0.3) is 5.91 Å². The van der Waals surface area contributed by atoms with Crippen molar-refractivity contribution in [3.8, 4) is 0 Å². The van der Waals surface area contributed by atoms with Crippen LogP contribution >= 0.6 is 0 Å². The molecule has 1 saturated heterocycles. The molecule has 1 heterocycles. The summed E-state index contributed by atoms with van der Waals surface area (Å²) in [7, 11) is 0. The van der Waals surface area contributed by atoms with Gasteiger partial charge >= 0.3 is 0 Å². The quantitative estimate of drug-likeness (QED) is 0.640. The molecule has 2 aromatic rings. The zero-order valence-corrected chi connectivity index (χ0v) is 17.5. The van der Waals surface area contributed by atoms with Gasteiger partial charge in [-0.3, -0.25) is 14.5 Å². The number of nitrogens with one attached hydrogen (secondary N) is 2. The molecule has 0 aliphatic carbocycles. The minimum atomic E-state index is -0.243. The van der Waals surface area contributed by atoms with Crippen LogP contribution in [-0.4, -0.2) is 36.3 Å². The highest BCUT2D eigenvalue weighted by Gasteiger charge is 2.26. The van der Waals surface area contributed by atoms with Crippen molar-refractivity contribution < 1.29 is 14.0 Å². The average Bonchev–Trinajstić information content (AvgIpc) is 2.76. The largest absolute Gasteiger partial charge is 0.352 e. The van der Waals surface area contributed by atoms with Crippen molar-refractivity contribution >= 4 is 17.5 Å². The van der Waals surface area contributed by atoms with Crippen LogP contribution in [0.4, 0.5) is 10.1 Å². The van der Waals surface area contributed by atoms with Gasteiger partial charge in [-0.25, -0.2) is 4.39 Å². The maximum Gasteiger partial charge on any atom is 0.253 e. The predicted octanol–water partition coefficient (Wildman–Crippen LogP) is 4.21. The van der Waals surface area contributed by atoms with Crippen LogP contribution in [0.1, 0.15) is 48.5 Å². The number of halogens is 1. The summed E-state index contributed by atoms with van der Waals surface area (Å²) in [6.45, 7) is 4.95. The molecule has 1 fully saturated rings. The van der Waals surface area contributed by atoms with Crippen molar-refractivity contribution in [1.29, 1.82) is 0 Å². The molecule has 1 aliphatic heterocycles. The van der Waals surface area contributed by atoms with E-state index in [4.69, 9.17) is 0 Å². The number of anilines is 1. The van der Waals surface area contributed by atoms with E-state index in [0.29, 0.717) is 30.9 Å². The standard InChI is InChI=1S/C24H30FN3O2/c1-2-3-14-26-24(30)21-8-4-5-9-22(21)27-23(29)19-7-6-15-28(17-19)16-18-10-12-20(25)13-11-18/h4-5,8-13,19H,2-3,6-7,14-17H2,1H3,(H,26,30)(H,27,29)/t19-/m1/s1. The first-order chi connectivity index (χ1) is 14.6. The fourth-order valence-corrected chi connectivity index (χ4v) is 3.76. The first kappa shape index (κ1) is 22.0. The summed E-state index contributed by atoms with van der Waals surface area (Å²) in [6.07, 6.45) is 3.68. The van der Waals surface area contributed by atoms with Gasteiger partial charge in [0, 0.05) is 19.6 Å². The molecule has 1 atom stereocenters. The Hall–Kier alpha value is -2.73. The fourth-order valence-electron chi connectivity index (χ4n) is 3.76. The number of carbonyl (C=O) groups excluding carboxylic acids is 2. The normalized spacial score (nSPS) is 16.8. The van der Waals surface area contributed by atoms with E-state index in [1.807, 2.05) is 6.07 Å². The molecule has 0 aromatic heterocycles. The number of rotatable bonds is 8. The highest BCUT2D eigenvalue weighted by atomic mass is 19.1. The van der Waals surface area contributed by atoms with Gasteiger partial charge in [-0.15, -0.1) is 0 Å². The number of benzene rings is 2. The van der Waals surface area contributed by atoms with E-state index >= 15 is 0 Å². The van der Waals surface area contributed by atoms with Crippen molar-refractivity contribution in [3.05, 3.63) is 65.5 Å². The molecule has 2 N–H and O–H groups in total. The van der Waals surface area contributed by atoms with Gasteiger partial charge in [-0.1, -0.05) is 37.6 Å². The molecule has 30 heavy (non-hydrogen) atoms. The van der Waals surface area contributed by atoms with Crippen LogP contribution in [0.15, 0.2) is 48.5 Å². The maximum atomic E-state index is 13.1. The molecule has 6 heteroatoms. The Balaban J connectivity index is 1.60. The molecule has 3 rings (SSSR count). The Morgan fingerprint density at radius 1 is 1.13 bits per heavy atom. The van der Waals surface area contributed by atoms with Gasteiger partial charge in [0.2, 0.25) is 5.91 Å². The van der Waals surface area contributed by atoms with Crippen LogP contribution in [0.5, 0.6) is 0 Å². The second kappa shape index (κ2) is 10.9. The number of amides is 2. The van der Waals surface area contributed by atoms with Crippen LogP contribution in [-0.2, 0) is 11.3 Å². The summed E-state index contributed by atoms with van der Waals surface area (Å²) < 4.78 is 13.1. The summed E-state index contributed by atoms with van der Waals surface area (Å²) in [5, 5.41) is 5.87. The monoisotopic (exact) mass is 411 g/mol. The molecule has 0 saturated carbocycles. The molecule has 5 nitrogen and oxygen atoms in total. The second-order valence-corrected chi connectivity index (χ2v) is 7.85. The van der Waals surface area contributed by atoms with E-state index in [0.717, 1.165) is 37.8 Å². The Morgan fingerprint density at radius 3 is 2.67 bits per heavy atom. The van der Waals surface area contributed by atoms with Crippen molar-refractivity contribution in [2.75, 3.05) is 25.0 Å². The molecule has 1 aliphatic rings. The van der Waals surface area contributed by atoms with E-state index < -0.39 is 0 Å². The van der Waals surface area contributed by atoms with Gasteiger partial charge in [-0.2, -0.15) is 0 Å². The lowest BCUT2D eigenvalue weighted by atomic mass is 9.96. The minimum absolute atomic E-state index is 0.0624. The number of likely N-dealkylation sites (tertiary alicyclic amines) is 1. The number of carbonyl (C=O) groups is 2. The van der Waals surface area contributed by atoms with Gasteiger partial charge < -0.3 is 10.6 Å². The van der Waals surface area contributed by atoms with Gasteiger partial charge in [0.05, 0.1) is 17.2 Å². The van der Waals surface area contributed by atoms with E-state index in [2.05, 4.69) is 22.5 Å². The van der Waals surface area contributed by atoms with E-state index in [-0.39, 0.29) is 23.5 Å². The predicted molar refractivity (Wildman–Crippen MR) is 117 cm³/mol. The van der Waals surface area contributed by atoms with E-state index in [1.54, 1.807) is 30.3 Å². The molecule has 2 amide bonds. The number of nitrogens with zero attached hydrogens (tertiary/aromatic N) is 1.